The van der Waals surface area contributed by atoms with Crippen LogP contribution in [0.4, 0.5) is 0 Å². The third-order valence-corrected chi connectivity index (χ3v) is 2.30. The fourth-order valence-corrected chi connectivity index (χ4v) is 1.51. The minimum atomic E-state index is -0.262. The Hall–Kier alpha value is -0.410. The molecule has 2 unspecified atom stereocenters. The average Bonchev–Trinajstić information content (AvgIpc) is 2.55. The van der Waals surface area contributed by atoms with Crippen LogP contribution in [0.25, 0.3) is 0 Å². The zero-order valence-corrected chi connectivity index (χ0v) is 7.58. The highest BCUT2D eigenvalue weighted by Crippen LogP contribution is 2.15. The van der Waals surface area contributed by atoms with Gasteiger partial charge in [-0.1, -0.05) is 13.3 Å². The SMILES string of the molecule is CCCC(N)C(=O)C1CCOC1. The molecule has 3 heteroatoms. The smallest absolute Gasteiger partial charge is 0.154 e. The minimum absolute atomic E-state index is 0.0755. The predicted molar refractivity (Wildman–Crippen MR) is 46.8 cm³/mol. The summed E-state index contributed by atoms with van der Waals surface area (Å²) in [7, 11) is 0. The van der Waals surface area contributed by atoms with Crippen LogP contribution in [0, 0.1) is 5.92 Å². The first-order chi connectivity index (χ1) is 5.75. The van der Waals surface area contributed by atoms with Crippen LogP contribution in [0.3, 0.4) is 0 Å². The highest BCUT2D eigenvalue weighted by molar-refractivity contribution is 5.86. The monoisotopic (exact) mass is 171 g/mol. The van der Waals surface area contributed by atoms with E-state index in [2.05, 4.69) is 0 Å². The van der Waals surface area contributed by atoms with Crippen LogP contribution in [-0.2, 0) is 9.53 Å². The van der Waals surface area contributed by atoms with Crippen LogP contribution in [0.1, 0.15) is 26.2 Å². The summed E-state index contributed by atoms with van der Waals surface area (Å²) in [6, 6.07) is -0.262. The maximum absolute atomic E-state index is 11.5. The van der Waals surface area contributed by atoms with E-state index < -0.39 is 0 Å². The van der Waals surface area contributed by atoms with Crippen LogP contribution < -0.4 is 5.73 Å². The minimum Gasteiger partial charge on any atom is -0.381 e. The zero-order chi connectivity index (χ0) is 8.97. The van der Waals surface area contributed by atoms with Gasteiger partial charge in [-0.25, -0.2) is 0 Å². The Morgan fingerprint density at radius 3 is 3.00 bits per heavy atom. The van der Waals surface area contributed by atoms with Gasteiger partial charge < -0.3 is 10.5 Å². The number of Topliss-reactive ketones (excluding diaryl/α,β-unsaturated/α-hetero) is 1. The van der Waals surface area contributed by atoms with Crippen molar-refractivity contribution >= 4 is 5.78 Å². The number of hydrogen-bond acceptors (Lipinski definition) is 3. The van der Waals surface area contributed by atoms with E-state index >= 15 is 0 Å². The molecule has 12 heavy (non-hydrogen) atoms. The third kappa shape index (κ3) is 2.29. The van der Waals surface area contributed by atoms with Crippen molar-refractivity contribution in [1.29, 1.82) is 0 Å². The van der Waals surface area contributed by atoms with Crippen molar-refractivity contribution in [2.45, 2.75) is 32.2 Å². The Kier molecular flexibility index (Phi) is 3.69. The summed E-state index contributed by atoms with van der Waals surface area (Å²) in [4.78, 5) is 11.5. The van der Waals surface area contributed by atoms with Gasteiger partial charge in [0.25, 0.3) is 0 Å². The lowest BCUT2D eigenvalue weighted by atomic mass is 9.95. The molecule has 1 fully saturated rings. The van der Waals surface area contributed by atoms with Crippen molar-refractivity contribution in [3.63, 3.8) is 0 Å². The summed E-state index contributed by atoms with van der Waals surface area (Å²) in [6.07, 6.45) is 2.63. The van der Waals surface area contributed by atoms with Gasteiger partial charge in [-0.15, -0.1) is 0 Å². The Morgan fingerprint density at radius 2 is 2.50 bits per heavy atom. The highest BCUT2D eigenvalue weighted by Gasteiger charge is 2.26. The second-order valence-electron chi connectivity index (χ2n) is 3.36. The number of nitrogens with two attached hydrogens (primary N) is 1. The van der Waals surface area contributed by atoms with E-state index in [0.29, 0.717) is 6.61 Å². The van der Waals surface area contributed by atoms with Crippen LogP contribution in [-0.4, -0.2) is 25.0 Å². The maximum Gasteiger partial charge on any atom is 0.154 e. The van der Waals surface area contributed by atoms with E-state index in [-0.39, 0.29) is 17.7 Å². The largest absolute Gasteiger partial charge is 0.381 e. The molecule has 0 aromatic heterocycles. The van der Waals surface area contributed by atoms with Gasteiger partial charge in [-0.2, -0.15) is 0 Å². The summed E-state index contributed by atoms with van der Waals surface area (Å²) in [5, 5.41) is 0. The average molecular weight is 171 g/mol. The molecule has 1 rings (SSSR count). The molecule has 0 bridgehead atoms. The van der Waals surface area contributed by atoms with Crippen molar-refractivity contribution in [3.05, 3.63) is 0 Å². The normalized spacial score (nSPS) is 25.7. The summed E-state index contributed by atoms with van der Waals surface area (Å²) in [5.41, 5.74) is 5.70. The molecule has 0 saturated carbocycles. The summed E-state index contributed by atoms with van der Waals surface area (Å²) in [5.74, 6) is 0.265. The van der Waals surface area contributed by atoms with E-state index in [4.69, 9.17) is 10.5 Å². The Morgan fingerprint density at radius 1 is 1.75 bits per heavy atom. The van der Waals surface area contributed by atoms with Crippen molar-refractivity contribution < 1.29 is 9.53 Å². The van der Waals surface area contributed by atoms with Crippen LogP contribution in [0.15, 0.2) is 0 Å². The molecule has 3 nitrogen and oxygen atoms in total. The first kappa shape index (κ1) is 9.68. The summed E-state index contributed by atoms with van der Waals surface area (Å²) >= 11 is 0. The molecule has 1 saturated heterocycles. The standard InChI is InChI=1S/C9H17NO2/c1-2-3-8(10)9(11)7-4-5-12-6-7/h7-8H,2-6,10H2,1H3. The van der Waals surface area contributed by atoms with E-state index in [1.165, 1.54) is 0 Å². The molecule has 2 N–H and O–H groups in total. The number of ether oxygens (including phenoxy) is 1. The molecule has 0 aromatic rings. The van der Waals surface area contributed by atoms with Gasteiger partial charge in [0.05, 0.1) is 12.6 Å². The van der Waals surface area contributed by atoms with Crippen LogP contribution >= 0.6 is 0 Å². The molecule has 0 radical (unpaired) electrons. The molecule has 1 aliphatic rings. The van der Waals surface area contributed by atoms with Gasteiger partial charge >= 0.3 is 0 Å². The lowest BCUT2D eigenvalue weighted by molar-refractivity contribution is -0.124. The van der Waals surface area contributed by atoms with Crippen molar-refractivity contribution in [3.8, 4) is 0 Å². The second kappa shape index (κ2) is 4.58. The van der Waals surface area contributed by atoms with Gasteiger partial charge in [0.1, 0.15) is 0 Å². The lowest BCUT2D eigenvalue weighted by Gasteiger charge is -2.12. The molecule has 0 aliphatic carbocycles. The number of carbonyl (C=O) groups excluding carboxylic acids is 1. The molecule has 70 valence electrons. The van der Waals surface area contributed by atoms with Crippen LogP contribution in [0.2, 0.25) is 0 Å². The lowest BCUT2D eigenvalue weighted by Crippen LogP contribution is -2.35. The van der Waals surface area contributed by atoms with Gasteiger partial charge in [0.15, 0.2) is 5.78 Å². The van der Waals surface area contributed by atoms with Crippen LogP contribution in [0.5, 0.6) is 0 Å². The molecule has 1 heterocycles. The maximum atomic E-state index is 11.5. The topological polar surface area (TPSA) is 52.3 Å². The first-order valence-corrected chi connectivity index (χ1v) is 4.62. The van der Waals surface area contributed by atoms with E-state index in [0.717, 1.165) is 25.9 Å². The number of hydrogen-bond donors (Lipinski definition) is 1. The predicted octanol–water partition coefficient (Wildman–Crippen LogP) is 0.719. The molecular formula is C9H17NO2. The first-order valence-electron chi connectivity index (χ1n) is 4.62. The van der Waals surface area contributed by atoms with Crippen molar-refractivity contribution in [2.24, 2.45) is 11.7 Å². The summed E-state index contributed by atoms with van der Waals surface area (Å²) in [6.45, 7) is 3.34. The van der Waals surface area contributed by atoms with Gasteiger partial charge in [-0.05, 0) is 12.8 Å². The van der Waals surface area contributed by atoms with Gasteiger partial charge in [0, 0.05) is 12.5 Å². The number of ketones is 1. The third-order valence-electron chi connectivity index (χ3n) is 2.30. The van der Waals surface area contributed by atoms with Gasteiger partial charge in [-0.3, -0.25) is 4.79 Å². The molecule has 2 atom stereocenters. The van der Waals surface area contributed by atoms with Crippen molar-refractivity contribution in [1.82, 2.24) is 0 Å². The Bertz CT molecular complexity index is 153. The summed E-state index contributed by atoms with van der Waals surface area (Å²) < 4.78 is 5.13. The van der Waals surface area contributed by atoms with E-state index in [1.807, 2.05) is 6.92 Å². The fourth-order valence-electron chi connectivity index (χ4n) is 1.51. The number of rotatable bonds is 4. The number of carbonyl (C=O) groups is 1. The Labute approximate surface area is 73.3 Å². The fraction of sp³-hybridized carbons (Fsp3) is 0.889. The molecular weight excluding hydrogens is 154 g/mol. The van der Waals surface area contributed by atoms with Crippen molar-refractivity contribution in [2.75, 3.05) is 13.2 Å². The Balaban J connectivity index is 2.34. The zero-order valence-electron chi connectivity index (χ0n) is 7.58. The molecule has 0 amide bonds. The quantitative estimate of drug-likeness (QED) is 0.678. The molecule has 0 aromatic carbocycles. The highest BCUT2D eigenvalue weighted by atomic mass is 16.5. The van der Waals surface area contributed by atoms with Gasteiger partial charge in [0.2, 0.25) is 0 Å². The molecule has 0 spiro atoms. The van der Waals surface area contributed by atoms with E-state index in [9.17, 15) is 4.79 Å². The molecule has 1 aliphatic heterocycles. The second-order valence-corrected chi connectivity index (χ2v) is 3.36. The van der Waals surface area contributed by atoms with E-state index in [1.54, 1.807) is 0 Å².